The van der Waals surface area contributed by atoms with Gasteiger partial charge >= 0.3 is 41.7 Å². The van der Waals surface area contributed by atoms with Crippen LogP contribution in [-0.2, 0) is 14.4 Å². The average Bonchev–Trinajstić information content (AvgIpc) is 2.87. The summed E-state index contributed by atoms with van der Waals surface area (Å²) in [7, 11) is -0.0771. The molecule has 0 aromatic heterocycles. The Hall–Kier alpha value is -2.28. The van der Waals surface area contributed by atoms with Crippen LogP contribution in [-0.4, -0.2) is 87.9 Å². The highest BCUT2D eigenvalue weighted by molar-refractivity contribution is 6.44. The number of nitrogens with zero attached hydrogens (tertiary/aromatic N) is 1. The number of likely N-dealkylation sites (N-methyl/N-ethyl adjacent to an activating group) is 1. The van der Waals surface area contributed by atoms with Crippen molar-refractivity contribution in [3.8, 4) is 0 Å². The molecule has 0 heterocycles. The zero-order valence-electron chi connectivity index (χ0n) is 16.6. The summed E-state index contributed by atoms with van der Waals surface area (Å²) < 4.78 is 198. The number of Topliss-reactive ketones (excluding diaryl/α,β-unsaturated/α-hetero) is 2. The van der Waals surface area contributed by atoms with Crippen LogP contribution in [0.1, 0.15) is 13.3 Å². The van der Waals surface area contributed by atoms with Gasteiger partial charge in [0, 0.05) is 13.5 Å². The Morgan fingerprint density at radius 2 is 1.11 bits per heavy atom. The molecule has 1 amide bonds. The van der Waals surface area contributed by atoms with E-state index in [0.717, 1.165) is 0 Å². The fourth-order valence-corrected chi connectivity index (χ4v) is 2.76. The highest BCUT2D eigenvalue weighted by atomic mass is 19.4. The largest absolute Gasteiger partial charge is 0.460 e. The van der Waals surface area contributed by atoms with E-state index in [1.165, 1.54) is 0 Å². The molecule has 0 aromatic carbocycles. The SMILES string of the molecule is CN(C(=O)C(F)(F)C(F)(F)C(F)(F)C(F)(F)C(F)(F)C(F)(F)C(F)(F)F)C1CC(C)(O)C(=O)C1=O. The molecular formula is C15H10F15NO4. The zero-order chi connectivity index (χ0) is 28.6. The summed E-state index contributed by atoms with van der Waals surface area (Å²) in [6.45, 7) is 0.551. The Morgan fingerprint density at radius 3 is 1.43 bits per heavy atom. The minimum atomic E-state index is -8.58. The highest BCUT2D eigenvalue weighted by Gasteiger charge is 2.94. The van der Waals surface area contributed by atoms with Crippen molar-refractivity contribution < 1.29 is 85.3 Å². The highest BCUT2D eigenvalue weighted by Crippen LogP contribution is 2.62. The number of hydrogen-bond donors (Lipinski definition) is 1. The second-order valence-corrected chi connectivity index (χ2v) is 7.55. The van der Waals surface area contributed by atoms with Crippen LogP contribution < -0.4 is 0 Å². The number of amides is 1. The van der Waals surface area contributed by atoms with Crippen LogP contribution >= 0.6 is 0 Å². The van der Waals surface area contributed by atoms with Crippen molar-refractivity contribution in [1.29, 1.82) is 0 Å². The third kappa shape index (κ3) is 3.90. The summed E-state index contributed by atoms with van der Waals surface area (Å²) in [5, 5.41) is 9.56. The summed E-state index contributed by atoms with van der Waals surface area (Å²) in [5.74, 6) is -56.6. The first kappa shape index (κ1) is 30.8. The number of aliphatic hydroxyl groups is 1. The van der Waals surface area contributed by atoms with E-state index in [4.69, 9.17) is 0 Å². The lowest BCUT2D eigenvalue weighted by atomic mass is 9.90. The van der Waals surface area contributed by atoms with Gasteiger partial charge in [0.2, 0.25) is 11.6 Å². The molecule has 0 saturated heterocycles. The maximum absolute atomic E-state index is 14.0. The van der Waals surface area contributed by atoms with Crippen molar-refractivity contribution in [2.24, 2.45) is 0 Å². The smallest absolute Gasteiger partial charge is 0.382 e. The third-order valence-electron chi connectivity index (χ3n) is 4.99. The summed E-state index contributed by atoms with van der Waals surface area (Å²) >= 11 is 0. The van der Waals surface area contributed by atoms with E-state index in [1.807, 2.05) is 0 Å². The molecule has 1 rings (SSSR count). The van der Waals surface area contributed by atoms with Crippen LogP contribution in [0.2, 0.25) is 0 Å². The number of carbonyl (C=O) groups is 3. The molecule has 0 spiro atoms. The van der Waals surface area contributed by atoms with Gasteiger partial charge in [-0.1, -0.05) is 0 Å². The molecule has 0 aromatic rings. The molecule has 5 nitrogen and oxygen atoms in total. The van der Waals surface area contributed by atoms with Crippen LogP contribution in [0.4, 0.5) is 65.9 Å². The quantitative estimate of drug-likeness (QED) is 0.387. The molecule has 204 valence electrons. The van der Waals surface area contributed by atoms with Crippen LogP contribution in [0.25, 0.3) is 0 Å². The lowest BCUT2D eigenvalue weighted by molar-refractivity contribution is -0.449. The van der Waals surface area contributed by atoms with Gasteiger partial charge < -0.3 is 10.0 Å². The summed E-state index contributed by atoms with van der Waals surface area (Å²) in [4.78, 5) is 33.9. The number of rotatable bonds is 7. The van der Waals surface area contributed by atoms with Crippen molar-refractivity contribution in [3.63, 3.8) is 0 Å². The second-order valence-electron chi connectivity index (χ2n) is 7.55. The third-order valence-corrected chi connectivity index (χ3v) is 4.99. The van der Waals surface area contributed by atoms with Crippen molar-refractivity contribution in [1.82, 2.24) is 4.90 Å². The standard InChI is InChI=1S/C15H10F15NO4/c1-8(35)3-4(5(32)6(8)33)31(2)7(34)9(16,17)10(18,19)11(20,21)12(22,23)13(24,25)14(26,27)15(28,29)30/h4,35H,3H2,1-2H3. The Morgan fingerprint density at radius 1 is 0.771 bits per heavy atom. The average molecular weight is 553 g/mol. The van der Waals surface area contributed by atoms with Crippen LogP contribution in [0.15, 0.2) is 0 Å². The van der Waals surface area contributed by atoms with E-state index < -0.39 is 82.1 Å². The van der Waals surface area contributed by atoms with Crippen LogP contribution in [0.3, 0.4) is 0 Å². The maximum Gasteiger partial charge on any atom is 0.460 e. The lowest BCUT2D eigenvalue weighted by Crippen LogP contribution is -2.74. The lowest BCUT2D eigenvalue weighted by Gasteiger charge is -2.41. The van der Waals surface area contributed by atoms with Gasteiger partial charge in [-0.15, -0.1) is 0 Å². The Kier molecular flexibility index (Phi) is 6.90. The van der Waals surface area contributed by atoms with Gasteiger partial charge in [-0.25, -0.2) is 0 Å². The molecule has 1 saturated carbocycles. The van der Waals surface area contributed by atoms with Crippen molar-refractivity contribution in [2.45, 2.75) is 66.7 Å². The second kappa shape index (κ2) is 7.86. The van der Waals surface area contributed by atoms with E-state index >= 15 is 0 Å². The molecule has 2 atom stereocenters. The van der Waals surface area contributed by atoms with E-state index in [2.05, 4.69) is 0 Å². The summed E-state index contributed by atoms with van der Waals surface area (Å²) in [5.41, 5.74) is -2.71. The Labute approximate surface area is 182 Å². The number of ketones is 2. The first-order chi connectivity index (χ1) is 15.0. The molecule has 0 bridgehead atoms. The van der Waals surface area contributed by atoms with Gasteiger partial charge in [0.05, 0.1) is 0 Å². The van der Waals surface area contributed by atoms with E-state index in [9.17, 15) is 85.3 Å². The van der Waals surface area contributed by atoms with Gasteiger partial charge in [-0.05, 0) is 6.92 Å². The minimum Gasteiger partial charge on any atom is -0.382 e. The van der Waals surface area contributed by atoms with Crippen LogP contribution in [0, 0.1) is 0 Å². The summed E-state index contributed by atoms with van der Waals surface area (Å²) in [6, 6.07) is -2.60. The molecule has 1 aliphatic rings. The molecule has 1 aliphatic carbocycles. The first-order valence-corrected chi connectivity index (χ1v) is 8.40. The van der Waals surface area contributed by atoms with Gasteiger partial charge in [0.15, 0.2) is 0 Å². The molecular weight excluding hydrogens is 543 g/mol. The predicted octanol–water partition coefficient (Wildman–Crippen LogP) is 3.48. The first-order valence-electron chi connectivity index (χ1n) is 8.40. The zero-order valence-corrected chi connectivity index (χ0v) is 16.6. The fraction of sp³-hybridized carbons (Fsp3) is 0.800. The molecule has 0 radical (unpaired) electrons. The Balaban J connectivity index is 3.55. The molecule has 35 heavy (non-hydrogen) atoms. The maximum atomic E-state index is 14.0. The molecule has 20 heteroatoms. The number of halogens is 15. The molecule has 2 unspecified atom stereocenters. The van der Waals surface area contributed by atoms with Crippen molar-refractivity contribution in [2.75, 3.05) is 7.05 Å². The van der Waals surface area contributed by atoms with Crippen molar-refractivity contribution in [3.05, 3.63) is 0 Å². The van der Waals surface area contributed by atoms with Gasteiger partial charge in [-0.3, -0.25) is 14.4 Å². The van der Waals surface area contributed by atoms with Gasteiger partial charge in [0.25, 0.3) is 5.91 Å². The number of hydrogen-bond acceptors (Lipinski definition) is 4. The Bertz CT molecular complexity index is 909. The number of carbonyl (C=O) groups excluding carboxylic acids is 3. The number of alkyl halides is 15. The fourth-order valence-electron chi connectivity index (χ4n) is 2.76. The normalized spacial score (nSPS) is 23.7. The predicted molar refractivity (Wildman–Crippen MR) is 77.5 cm³/mol. The minimum absolute atomic E-state index is 0.0771. The van der Waals surface area contributed by atoms with Crippen molar-refractivity contribution >= 4 is 17.5 Å². The molecule has 1 N–H and O–H groups in total. The monoisotopic (exact) mass is 553 g/mol. The molecule has 1 fully saturated rings. The summed E-state index contributed by atoms with van der Waals surface area (Å²) in [6.07, 6.45) is -9.09. The molecule has 0 aliphatic heterocycles. The van der Waals surface area contributed by atoms with Gasteiger partial charge in [0.1, 0.15) is 11.6 Å². The topological polar surface area (TPSA) is 74.7 Å². The van der Waals surface area contributed by atoms with E-state index in [0.29, 0.717) is 6.92 Å². The van der Waals surface area contributed by atoms with Gasteiger partial charge in [-0.2, -0.15) is 65.9 Å². The van der Waals surface area contributed by atoms with E-state index in [1.54, 1.807) is 0 Å². The van der Waals surface area contributed by atoms with Crippen LogP contribution in [0.5, 0.6) is 0 Å². The van der Waals surface area contributed by atoms with E-state index in [-0.39, 0.29) is 7.05 Å².